The summed E-state index contributed by atoms with van der Waals surface area (Å²) < 4.78 is 30.2. The van der Waals surface area contributed by atoms with Crippen molar-refractivity contribution in [2.45, 2.75) is 25.0 Å². The molecule has 5 aromatic rings. The molecule has 0 amide bonds. The van der Waals surface area contributed by atoms with Gasteiger partial charge >= 0.3 is 0 Å². The quantitative estimate of drug-likeness (QED) is 0.342. The van der Waals surface area contributed by atoms with Crippen molar-refractivity contribution in [3.05, 3.63) is 77.4 Å². The fourth-order valence-electron chi connectivity index (χ4n) is 5.48. The van der Waals surface area contributed by atoms with Crippen molar-refractivity contribution in [1.82, 2.24) is 24.6 Å². The largest absolute Gasteiger partial charge is 0.389 e. The molecule has 9 nitrogen and oxygen atoms in total. The smallest absolute Gasteiger partial charge is 0.211 e. The van der Waals surface area contributed by atoms with Crippen LogP contribution in [0, 0.1) is 18.2 Å². The molecule has 2 fully saturated rings. The lowest BCUT2D eigenvalue weighted by Gasteiger charge is -2.38. The van der Waals surface area contributed by atoms with E-state index < -0.39 is 11.6 Å². The maximum Gasteiger partial charge on any atom is 0.211 e. The fraction of sp³-hybridized carbons (Fsp3) is 0.259. The summed E-state index contributed by atoms with van der Waals surface area (Å²) in [5.74, 6) is 0.318. The van der Waals surface area contributed by atoms with Crippen LogP contribution in [0.2, 0.25) is 0 Å². The number of H-pyrrole nitrogens is 1. The monoisotopic (exact) mass is 512 g/mol. The van der Waals surface area contributed by atoms with Crippen LogP contribution in [0.25, 0.3) is 32.9 Å². The summed E-state index contributed by atoms with van der Waals surface area (Å²) >= 11 is 0. The van der Waals surface area contributed by atoms with Gasteiger partial charge in [-0.15, -0.1) is 0 Å². The molecule has 0 radical (unpaired) electrons. The molecule has 2 aliphatic heterocycles. The lowest BCUT2D eigenvalue weighted by Crippen LogP contribution is -2.50. The molecule has 7 rings (SSSR count). The molecule has 5 heterocycles. The van der Waals surface area contributed by atoms with Gasteiger partial charge < -0.3 is 19.9 Å². The fourth-order valence-corrected chi connectivity index (χ4v) is 5.48. The number of β-amino-alcohol motifs (C(OH)–C–C–N with tert-alkyl or cyclic N) is 1. The molecule has 3 aromatic heterocycles. The highest BCUT2D eigenvalue weighted by Crippen LogP contribution is 2.38. The maximum atomic E-state index is 14.6. The van der Waals surface area contributed by atoms with Crippen LogP contribution in [0.1, 0.15) is 24.4 Å². The second-order valence-electron chi connectivity index (χ2n) is 9.74. The van der Waals surface area contributed by atoms with Gasteiger partial charge in [0.25, 0.3) is 0 Å². The van der Waals surface area contributed by atoms with Crippen molar-refractivity contribution in [2.75, 3.05) is 29.4 Å². The second-order valence-corrected chi connectivity index (χ2v) is 9.74. The van der Waals surface area contributed by atoms with E-state index in [0.29, 0.717) is 71.2 Å². The third kappa shape index (κ3) is 3.56. The number of nitrogens with one attached hydrogen (secondary N) is 1. The highest BCUT2D eigenvalue weighted by molar-refractivity contribution is 5.91. The van der Waals surface area contributed by atoms with Crippen LogP contribution in [-0.2, 0) is 0 Å². The lowest BCUT2D eigenvalue weighted by atomic mass is 10.0. The number of hydrogen-bond donors (Lipinski definition) is 2. The average Bonchev–Trinajstić information content (AvgIpc) is 3.64. The molecule has 2 saturated heterocycles. The van der Waals surface area contributed by atoms with E-state index in [2.05, 4.69) is 14.9 Å². The third-order valence-electron chi connectivity index (χ3n) is 7.38. The molecule has 0 spiro atoms. The van der Waals surface area contributed by atoms with Crippen LogP contribution in [0.5, 0.6) is 0 Å². The van der Waals surface area contributed by atoms with E-state index in [1.54, 1.807) is 23.0 Å². The van der Waals surface area contributed by atoms with Crippen LogP contribution in [-0.4, -0.2) is 55.4 Å². The standard InChI is InChI=1S/C27H22F2N8O/c1-30-22-10-20-21(11-24(22)35-13-16(38)14-35)33-26(32-20)18-12-31-37-8-6-25(34-27(18)37)36-7-2-3-23(36)17-9-15(28)4-5-19(17)29/h4-6,8-12,16,23,38H,2-3,7,13-14H2,(H,32,33)/t23-/m1/s1. The number of aliphatic hydroxyl groups excluding tert-OH is 1. The van der Waals surface area contributed by atoms with Gasteiger partial charge in [-0.1, -0.05) is 0 Å². The Hall–Kier alpha value is -4.56. The minimum Gasteiger partial charge on any atom is -0.389 e. The number of rotatable bonds is 4. The van der Waals surface area contributed by atoms with E-state index >= 15 is 0 Å². The molecular weight excluding hydrogens is 490 g/mol. The summed E-state index contributed by atoms with van der Waals surface area (Å²) in [6.45, 7) is 9.24. The first kappa shape index (κ1) is 22.6. The van der Waals surface area contributed by atoms with Crippen molar-refractivity contribution in [3.8, 4) is 11.4 Å². The van der Waals surface area contributed by atoms with E-state index in [-0.39, 0.29) is 12.1 Å². The summed E-state index contributed by atoms with van der Waals surface area (Å²) in [5.41, 5.74) is 4.24. The Morgan fingerprint density at radius 1 is 1.11 bits per heavy atom. The Labute approximate surface area is 215 Å². The van der Waals surface area contributed by atoms with Crippen LogP contribution in [0.4, 0.5) is 26.0 Å². The number of aromatic nitrogens is 5. The van der Waals surface area contributed by atoms with E-state index in [9.17, 15) is 13.9 Å². The van der Waals surface area contributed by atoms with E-state index in [1.165, 1.54) is 12.1 Å². The van der Waals surface area contributed by atoms with E-state index in [0.717, 1.165) is 18.2 Å². The number of benzene rings is 2. The van der Waals surface area contributed by atoms with Gasteiger partial charge in [0.1, 0.15) is 23.3 Å². The summed E-state index contributed by atoms with van der Waals surface area (Å²) in [7, 11) is 0. The number of hydrogen-bond acceptors (Lipinski definition) is 6. The maximum absolute atomic E-state index is 14.6. The summed E-state index contributed by atoms with van der Waals surface area (Å²) in [6, 6.07) is 8.71. The third-order valence-corrected chi connectivity index (χ3v) is 7.38. The molecular formula is C27H22F2N8O. The lowest BCUT2D eigenvalue weighted by molar-refractivity contribution is 0.142. The SMILES string of the molecule is [C-]#[N+]c1cc2[nH]c(-c3cnn4ccc(N5CCC[C@@H]5c5cc(F)ccc5F)nc34)nc2cc1N1CC(O)C1. The summed E-state index contributed by atoms with van der Waals surface area (Å²) in [5, 5.41) is 14.1. The number of aliphatic hydroxyl groups is 1. The van der Waals surface area contributed by atoms with Gasteiger partial charge in [0, 0.05) is 37.1 Å². The predicted molar refractivity (Wildman–Crippen MR) is 138 cm³/mol. The van der Waals surface area contributed by atoms with Gasteiger partial charge in [-0.2, -0.15) is 5.10 Å². The minimum atomic E-state index is -0.463. The van der Waals surface area contributed by atoms with Crippen molar-refractivity contribution >= 4 is 33.9 Å². The van der Waals surface area contributed by atoms with Crippen LogP contribution < -0.4 is 9.80 Å². The molecule has 0 saturated carbocycles. The molecule has 11 heteroatoms. The van der Waals surface area contributed by atoms with Crippen molar-refractivity contribution in [3.63, 3.8) is 0 Å². The zero-order valence-corrected chi connectivity index (χ0v) is 20.1. The highest BCUT2D eigenvalue weighted by atomic mass is 19.1. The predicted octanol–water partition coefficient (Wildman–Crippen LogP) is 4.62. The second kappa shape index (κ2) is 8.49. The van der Waals surface area contributed by atoms with Gasteiger partial charge in [-0.3, -0.25) is 0 Å². The van der Waals surface area contributed by atoms with Crippen LogP contribution in [0.15, 0.2) is 48.8 Å². The molecule has 0 bridgehead atoms. The van der Waals surface area contributed by atoms with Gasteiger partial charge in [0.2, 0.25) is 5.69 Å². The van der Waals surface area contributed by atoms with Gasteiger partial charge in [0.05, 0.1) is 41.5 Å². The van der Waals surface area contributed by atoms with Crippen LogP contribution in [0.3, 0.4) is 0 Å². The first-order chi connectivity index (χ1) is 18.5. The Kier molecular flexibility index (Phi) is 5.06. The topological polar surface area (TPSA) is 89.9 Å². The summed E-state index contributed by atoms with van der Waals surface area (Å²) in [4.78, 5) is 20.6. The first-order valence-corrected chi connectivity index (χ1v) is 12.4. The summed E-state index contributed by atoms with van der Waals surface area (Å²) in [6.07, 6.45) is 4.63. The number of imidazole rings is 1. The number of halogens is 2. The molecule has 2 aromatic carbocycles. The van der Waals surface area contributed by atoms with Crippen molar-refractivity contribution in [2.24, 2.45) is 0 Å². The molecule has 190 valence electrons. The molecule has 2 aliphatic rings. The molecule has 2 N–H and O–H groups in total. The van der Waals surface area contributed by atoms with Crippen LogP contribution >= 0.6 is 0 Å². The molecule has 38 heavy (non-hydrogen) atoms. The van der Waals surface area contributed by atoms with Crippen molar-refractivity contribution in [1.29, 1.82) is 0 Å². The Bertz CT molecular complexity index is 1750. The van der Waals surface area contributed by atoms with Gasteiger partial charge in [0.15, 0.2) is 5.65 Å². The molecule has 1 atom stereocenters. The zero-order valence-electron chi connectivity index (χ0n) is 20.1. The van der Waals surface area contributed by atoms with E-state index in [1.807, 2.05) is 21.9 Å². The number of anilines is 2. The number of fused-ring (bicyclic) bond motifs is 2. The molecule has 0 aliphatic carbocycles. The van der Waals surface area contributed by atoms with Gasteiger partial charge in [-0.05, 0) is 49.2 Å². The number of nitrogens with zero attached hydrogens (tertiary/aromatic N) is 7. The number of aromatic amines is 1. The Morgan fingerprint density at radius 3 is 2.79 bits per heavy atom. The Balaban J connectivity index is 1.28. The van der Waals surface area contributed by atoms with Crippen molar-refractivity contribution < 1.29 is 13.9 Å². The minimum absolute atomic E-state index is 0.316. The normalized spacial score (nSPS) is 17.9. The Morgan fingerprint density at radius 2 is 1.97 bits per heavy atom. The highest BCUT2D eigenvalue weighted by Gasteiger charge is 2.30. The first-order valence-electron chi connectivity index (χ1n) is 12.4. The molecule has 0 unspecified atom stereocenters. The average molecular weight is 513 g/mol. The van der Waals surface area contributed by atoms with E-state index in [4.69, 9.17) is 16.5 Å². The zero-order chi connectivity index (χ0) is 26.0. The van der Waals surface area contributed by atoms with Gasteiger partial charge in [-0.25, -0.2) is 28.1 Å².